The molecule has 0 rings (SSSR count). The van der Waals surface area contributed by atoms with Crippen LogP contribution >= 0.6 is 0 Å². The van der Waals surface area contributed by atoms with E-state index in [2.05, 4.69) is 0 Å². The standard InChI is InChI=1S/C12H22O4/c1-8(2)9(6-7-10(13)14)11(15)16-12(3,4)5/h8-9H,6-7H2,1-5H3,(H,13,14). The summed E-state index contributed by atoms with van der Waals surface area (Å²) in [5, 5.41) is 8.61. The Labute approximate surface area is 97.0 Å². The quantitative estimate of drug-likeness (QED) is 0.737. The zero-order chi connectivity index (χ0) is 12.9. The van der Waals surface area contributed by atoms with E-state index in [1.54, 1.807) is 20.8 Å². The third kappa shape index (κ3) is 6.43. The van der Waals surface area contributed by atoms with Crippen LogP contribution in [0.2, 0.25) is 0 Å². The molecule has 1 N–H and O–H groups in total. The van der Waals surface area contributed by atoms with Gasteiger partial charge in [0, 0.05) is 6.42 Å². The second kappa shape index (κ2) is 5.87. The fourth-order valence-electron chi connectivity index (χ4n) is 1.38. The molecule has 0 saturated carbocycles. The number of rotatable bonds is 5. The Morgan fingerprint density at radius 2 is 1.75 bits per heavy atom. The number of hydrogen-bond donors (Lipinski definition) is 1. The van der Waals surface area contributed by atoms with Gasteiger partial charge in [-0.3, -0.25) is 9.59 Å². The molecule has 94 valence electrons. The molecule has 0 bridgehead atoms. The third-order valence-corrected chi connectivity index (χ3v) is 2.18. The van der Waals surface area contributed by atoms with Gasteiger partial charge in [-0.05, 0) is 33.1 Å². The molecule has 0 aromatic carbocycles. The van der Waals surface area contributed by atoms with Crippen LogP contribution in [-0.4, -0.2) is 22.6 Å². The summed E-state index contributed by atoms with van der Waals surface area (Å²) in [7, 11) is 0. The van der Waals surface area contributed by atoms with Gasteiger partial charge in [0.25, 0.3) is 0 Å². The van der Waals surface area contributed by atoms with Crippen LogP contribution in [0.4, 0.5) is 0 Å². The summed E-state index contributed by atoms with van der Waals surface area (Å²) in [6, 6.07) is 0. The zero-order valence-electron chi connectivity index (χ0n) is 10.7. The van der Waals surface area contributed by atoms with Gasteiger partial charge in [-0.2, -0.15) is 0 Å². The van der Waals surface area contributed by atoms with E-state index < -0.39 is 11.6 Å². The van der Waals surface area contributed by atoms with Crippen LogP contribution in [0.15, 0.2) is 0 Å². The van der Waals surface area contributed by atoms with Crippen molar-refractivity contribution in [2.45, 2.75) is 53.1 Å². The number of hydrogen-bond acceptors (Lipinski definition) is 3. The highest BCUT2D eigenvalue weighted by Crippen LogP contribution is 2.21. The van der Waals surface area contributed by atoms with E-state index in [0.717, 1.165) is 0 Å². The molecule has 0 aliphatic carbocycles. The predicted molar refractivity (Wildman–Crippen MR) is 61.0 cm³/mol. The van der Waals surface area contributed by atoms with Crippen molar-refractivity contribution in [1.82, 2.24) is 0 Å². The number of aliphatic carboxylic acids is 1. The number of carbonyl (C=O) groups is 2. The molecular formula is C12H22O4. The van der Waals surface area contributed by atoms with Gasteiger partial charge in [0.05, 0.1) is 5.92 Å². The van der Waals surface area contributed by atoms with Crippen molar-refractivity contribution in [3.05, 3.63) is 0 Å². The minimum absolute atomic E-state index is 0.00207. The van der Waals surface area contributed by atoms with Crippen molar-refractivity contribution in [1.29, 1.82) is 0 Å². The molecule has 0 aromatic heterocycles. The van der Waals surface area contributed by atoms with Gasteiger partial charge in [-0.25, -0.2) is 0 Å². The number of ether oxygens (including phenoxy) is 1. The fourth-order valence-corrected chi connectivity index (χ4v) is 1.38. The van der Waals surface area contributed by atoms with Crippen LogP contribution < -0.4 is 0 Å². The first-order valence-electron chi connectivity index (χ1n) is 5.58. The molecule has 0 amide bonds. The molecule has 0 heterocycles. The van der Waals surface area contributed by atoms with Gasteiger partial charge in [0.15, 0.2) is 0 Å². The lowest BCUT2D eigenvalue weighted by Crippen LogP contribution is -2.31. The summed E-state index contributed by atoms with van der Waals surface area (Å²) in [5.41, 5.74) is -0.520. The van der Waals surface area contributed by atoms with Crippen LogP contribution in [0.25, 0.3) is 0 Å². The molecule has 0 radical (unpaired) electrons. The zero-order valence-corrected chi connectivity index (χ0v) is 10.7. The molecule has 4 nitrogen and oxygen atoms in total. The first kappa shape index (κ1) is 14.9. The normalized spacial score (nSPS) is 13.6. The summed E-state index contributed by atoms with van der Waals surface area (Å²) >= 11 is 0. The summed E-state index contributed by atoms with van der Waals surface area (Å²) in [4.78, 5) is 22.3. The van der Waals surface area contributed by atoms with Gasteiger partial charge in [-0.15, -0.1) is 0 Å². The van der Waals surface area contributed by atoms with E-state index >= 15 is 0 Å². The summed E-state index contributed by atoms with van der Waals surface area (Å²) in [6.07, 6.45) is 0.337. The smallest absolute Gasteiger partial charge is 0.309 e. The fraction of sp³-hybridized carbons (Fsp3) is 0.833. The van der Waals surface area contributed by atoms with Crippen LogP contribution in [-0.2, 0) is 14.3 Å². The predicted octanol–water partition coefficient (Wildman–Crippen LogP) is 2.47. The van der Waals surface area contributed by atoms with Crippen molar-refractivity contribution in [3.63, 3.8) is 0 Å². The van der Waals surface area contributed by atoms with E-state index in [-0.39, 0.29) is 24.2 Å². The third-order valence-electron chi connectivity index (χ3n) is 2.18. The summed E-state index contributed by atoms with van der Waals surface area (Å²) in [5.74, 6) is -1.43. The molecule has 0 fully saturated rings. The van der Waals surface area contributed by atoms with Crippen molar-refractivity contribution < 1.29 is 19.4 Å². The Bertz CT molecular complexity index is 250. The van der Waals surface area contributed by atoms with E-state index in [1.807, 2.05) is 13.8 Å². The topological polar surface area (TPSA) is 63.6 Å². The lowest BCUT2D eigenvalue weighted by molar-refractivity contribution is -0.162. The molecule has 1 atom stereocenters. The molecule has 0 spiro atoms. The van der Waals surface area contributed by atoms with Gasteiger partial charge in [-0.1, -0.05) is 13.8 Å². The average Bonchev–Trinajstić information content (AvgIpc) is 1.98. The lowest BCUT2D eigenvalue weighted by Gasteiger charge is -2.25. The number of carboxylic acid groups (broad SMARTS) is 1. The molecule has 0 aliphatic heterocycles. The van der Waals surface area contributed by atoms with E-state index in [9.17, 15) is 9.59 Å². The number of carbonyl (C=O) groups excluding carboxylic acids is 1. The Morgan fingerprint density at radius 3 is 2.06 bits per heavy atom. The molecule has 0 aliphatic rings. The first-order chi connectivity index (χ1) is 7.13. The summed E-state index contributed by atoms with van der Waals surface area (Å²) < 4.78 is 5.26. The Balaban J connectivity index is 4.42. The van der Waals surface area contributed by atoms with Gasteiger partial charge < -0.3 is 9.84 Å². The minimum atomic E-state index is -0.880. The molecule has 4 heteroatoms. The van der Waals surface area contributed by atoms with Crippen molar-refractivity contribution >= 4 is 11.9 Å². The van der Waals surface area contributed by atoms with Crippen molar-refractivity contribution in [3.8, 4) is 0 Å². The highest BCUT2D eigenvalue weighted by molar-refractivity contribution is 5.74. The highest BCUT2D eigenvalue weighted by atomic mass is 16.6. The largest absolute Gasteiger partial charge is 0.481 e. The van der Waals surface area contributed by atoms with Gasteiger partial charge >= 0.3 is 11.9 Å². The molecule has 1 unspecified atom stereocenters. The molecular weight excluding hydrogens is 208 g/mol. The van der Waals surface area contributed by atoms with Crippen LogP contribution in [0, 0.1) is 11.8 Å². The Hall–Kier alpha value is -1.06. The van der Waals surface area contributed by atoms with Crippen LogP contribution in [0.5, 0.6) is 0 Å². The maximum Gasteiger partial charge on any atom is 0.309 e. The summed E-state index contributed by atoms with van der Waals surface area (Å²) in [6.45, 7) is 9.21. The Kier molecular flexibility index (Phi) is 5.48. The maximum atomic E-state index is 11.8. The molecule has 0 aromatic rings. The second-order valence-corrected chi connectivity index (χ2v) is 5.32. The minimum Gasteiger partial charge on any atom is -0.481 e. The maximum absolute atomic E-state index is 11.8. The van der Waals surface area contributed by atoms with Gasteiger partial charge in [0.2, 0.25) is 0 Å². The first-order valence-corrected chi connectivity index (χ1v) is 5.58. The Morgan fingerprint density at radius 1 is 1.25 bits per heavy atom. The lowest BCUT2D eigenvalue weighted by atomic mass is 9.91. The average molecular weight is 230 g/mol. The van der Waals surface area contributed by atoms with Crippen molar-refractivity contribution in [2.75, 3.05) is 0 Å². The molecule has 16 heavy (non-hydrogen) atoms. The van der Waals surface area contributed by atoms with E-state index in [4.69, 9.17) is 9.84 Å². The number of esters is 1. The monoisotopic (exact) mass is 230 g/mol. The number of carboxylic acids is 1. The van der Waals surface area contributed by atoms with Crippen LogP contribution in [0.3, 0.4) is 0 Å². The highest BCUT2D eigenvalue weighted by Gasteiger charge is 2.27. The van der Waals surface area contributed by atoms with Gasteiger partial charge in [0.1, 0.15) is 5.60 Å². The van der Waals surface area contributed by atoms with E-state index in [1.165, 1.54) is 0 Å². The van der Waals surface area contributed by atoms with E-state index in [0.29, 0.717) is 6.42 Å². The second-order valence-electron chi connectivity index (χ2n) is 5.32. The van der Waals surface area contributed by atoms with Crippen molar-refractivity contribution in [2.24, 2.45) is 11.8 Å². The molecule has 0 saturated heterocycles. The SMILES string of the molecule is CC(C)C(CCC(=O)O)C(=O)OC(C)(C)C. The van der Waals surface area contributed by atoms with Crippen LogP contribution in [0.1, 0.15) is 47.5 Å².